The van der Waals surface area contributed by atoms with Crippen LogP contribution >= 0.6 is 11.6 Å². The Hall–Kier alpha value is -2.94. The molecule has 3 heterocycles. The number of carbonyl (C=O) groups is 2. The van der Waals surface area contributed by atoms with Crippen LogP contribution in [-0.4, -0.2) is 39.5 Å². The number of hydrogen-bond donors (Lipinski definition) is 2. The lowest BCUT2D eigenvalue weighted by molar-refractivity contribution is 0.0662. The fourth-order valence-electron chi connectivity index (χ4n) is 4.41. The molecule has 1 unspecified atom stereocenters. The molecule has 7 nitrogen and oxygen atoms in total. The Kier molecular flexibility index (Phi) is 5.94. The average molecular weight is 466 g/mol. The summed E-state index contributed by atoms with van der Waals surface area (Å²) in [6, 6.07) is 1.99. The number of nitrogens with one attached hydrogen (secondary N) is 1. The first kappa shape index (κ1) is 22.3. The number of aromatic nitrogens is 1. The molecule has 0 aliphatic carbocycles. The molecule has 0 saturated heterocycles. The van der Waals surface area contributed by atoms with Gasteiger partial charge in [-0.15, -0.1) is 0 Å². The smallest absolute Gasteiger partial charge is 0.274 e. The zero-order valence-electron chi connectivity index (χ0n) is 17.4. The van der Waals surface area contributed by atoms with E-state index in [0.29, 0.717) is 31.6 Å². The highest BCUT2D eigenvalue weighted by molar-refractivity contribution is 6.30. The van der Waals surface area contributed by atoms with Gasteiger partial charge in [-0.3, -0.25) is 14.4 Å². The lowest BCUT2D eigenvalue weighted by atomic mass is 10.1. The fourth-order valence-corrected chi connectivity index (χ4v) is 4.60. The van der Waals surface area contributed by atoms with Crippen LogP contribution in [-0.2, 0) is 13.0 Å². The minimum Gasteiger partial charge on any atom is -0.503 e. The first-order valence-electron chi connectivity index (χ1n) is 10.5. The zero-order valence-corrected chi connectivity index (χ0v) is 18.1. The van der Waals surface area contributed by atoms with Crippen LogP contribution in [0.1, 0.15) is 64.3 Å². The van der Waals surface area contributed by atoms with Crippen molar-refractivity contribution in [2.45, 2.75) is 45.2 Å². The van der Waals surface area contributed by atoms with Crippen LogP contribution in [0.5, 0.6) is 5.75 Å². The molecular weight excluding hydrogens is 444 g/mol. The molecule has 0 fully saturated rings. The molecule has 0 saturated carbocycles. The van der Waals surface area contributed by atoms with Gasteiger partial charge >= 0.3 is 0 Å². The van der Waals surface area contributed by atoms with E-state index in [0.717, 1.165) is 25.0 Å². The highest BCUT2D eigenvalue weighted by Gasteiger charge is 2.41. The summed E-state index contributed by atoms with van der Waals surface area (Å²) < 4.78 is 29.1. The van der Waals surface area contributed by atoms with Crippen LogP contribution in [0.15, 0.2) is 16.9 Å². The highest BCUT2D eigenvalue weighted by atomic mass is 35.5. The molecule has 4 rings (SSSR count). The van der Waals surface area contributed by atoms with Crippen LogP contribution < -0.4 is 10.7 Å². The molecule has 170 valence electrons. The number of aromatic hydroxyl groups is 1. The van der Waals surface area contributed by atoms with Gasteiger partial charge in [0.25, 0.3) is 11.8 Å². The predicted octanol–water partition coefficient (Wildman–Crippen LogP) is 3.16. The minimum absolute atomic E-state index is 0.0527. The molecular formula is C22H22ClF2N3O4. The van der Waals surface area contributed by atoms with Gasteiger partial charge in [0.2, 0.25) is 5.43 Å². The minimum atomic E-state index is -1.00. The molecule has 32 heavy (non-hydrogen) atoms. The number of rotatable bonds is 6. The first-order valence-corrected chi connectivity index (χ1v) is 10.8. The average Bonchev–Trinajstić information content (AvgIpc) is 3.18. The van der Waals surface area contributed by atoms with E-state index < -0.39 is 39.6 Å². The highest BCUT2D eigenvalue weighted by Crippen LogP contribution is 2.36. The van der Waals surface area contributed by atoms with Crippen LogP contribution in [0.25, 0.3) is 0 Å². The summed E-state index contributed by atoms with van der Waals surface area (Å²) in [5.41, 5.74) is -0.956. The topological polar surface area (TPSA) is 91.6 Å². The molecule has 2 amide bonds. The lowest BCUT2D eigenvalue weighted by Crippen LogP contribution is -2.45. The van der Waals surface area contributed by atoms with Gasteiger partial charge in [0.05, 0.1) is 6.04 Å². The van der Waals surface area contributed by atoms with Gasteiger partial charge in [-0.2, -0.15) is 0 Å². The van der Waals surface area contributed by atoms with Gasteiger partial charge in [-0.25, -0.2) is 8.78 Å². The van der Waals surface area contributed by atoms with E-state index in [1.165, 1.54) is 0 Å². The Morgan fingerprint density at radius 2 is 2.06 bits per heavy atom. The van der Waals surface area contributed by atoms with Crippen molar-refractivity contribution in [3.63, 3.8) is 0 Å². The number of hydrogen-bond acceptors (Lipinski definition) is 4. The third kappa shape index (κ3) is 3.54. The van der Waals surface area contributed by atoms with E-state index in [2.05, 4.69) is 5.32 Å². The van der Waals surface area contributed by atoms with Gasteiger partial charge in [0.15, 0.2) is 11.4 Å². The van der Waals surface area contributed by atoms with Crippen molar-refractivity contribution >= 4 is 23.4 Å². The normalized spacial score (nSPS) is 16.9. The Balaban J connectivity index is 1.67. The summed E-state index contributed by atoms with van der Waals surface area (Å²) in [6.07, 6.45) is 2.72. The van der Waals surface area contributed by atoms with Crippen LogP contribution in [0.2, 0.25) is 5.02 Å². The maximum absolute atomic E-state index is 14.1. The van der Waals surface area contributed by atoms with Crippen molar-refractivity contribution in [1.82, 2.24) is 14.8 Å². The Morgan fingerprint density at radius 3 is 2.78 bits per heavy atom. The molecule has 1 atom stereocenters. The molecule has 0 spiro atoms. The number of unbranched alkanes of at least 4 members (excludes halogenated alkanes) is 1. The van der Waals surface area contributed by atoms with Gasteiger partial charge in [0, 0.05) is 30.9 Å². The molecule has 2 N–H and O–H groups in total. The molecule has 2 aliphatic heterocycles. The van der Waals surface area contributed by atoms with Gasteiger partial charge in [-0.1, -0.05) is 31.0 Å². The predicted molar refractivity (Wildman–Crippen MR) is 113 cm³/mol. The van der Waals surface area contributed by atoms with Crippen molar-refractivity contribution < 1.29 is 23.5 Å². The van der Waals surface area contributed by atoms with Crippen LogP contribution in [0.3, 0.4) is 0 Å². The summed E-state index contributed by atoms with van der Waals surface area (Å²) in [7, 11) is 0. The van der Waals surface area contributed by atoms with Crippen LogP contribution in [0, 0.1) is 11.6 Å². The number of halogens is 3. The Labute approximate surface area is 187 Å². The van der Waals surface area contributed by atoms with Crippen molar-refractivity contribution in [2.24, 2.45) is 0 Å². The summed E-state index contributed by atoms with van der Waals surface area (Å²) in [5.74, 6) is -3.92. The first-order chi connectivity index (χ1) is 15.3. The summed E-state index contributed by atoms with van der Waals surface area (Å²) in [6.45, 7) is 2.65. The van der Waals surface area contributed by atoms with Gasteiger partial charge in [-0.05, 0) is 25.3 Å². The van der Waals surface area contributed by atoms with Crippen molar-refractivity contribution in [3.8, 4) is 5.75 Å². The Morgan fingerprint density at radius 1 is 1.31 bits per heavy atom. The maximum Gasteiger partial charge on any atom is 0.274 e. The number of amides is 2. The standard InChI is InChI=1S/C22H22ClF2N3O4/c1-2-3-8-27-10-12-5-7-14-15(19(29)20(30)18(22(27)32)28(12)14)21(31)26-9-11-4-6-13(24)16(23)17(11)25/h4,6,12,30H,2-3,5,7-10H2,1H3,(H,26,31). The van der Waals surface area contributed by atoms with E-state index in [9.17, 15) is 28.3 Å². The van der Waals surface area contributed by atoms with Crippen molar-refractivity contribution in [3.05, 3.63) is 61.5 Å². The van der Waals surface area contributed by atoms with E-state index in [1.807, 2.05) is 6.92 Å². The van der Waals surface area contributed by atoms with Gasteiger partial charge in [0.1, 0.15) is 22.2 Å². The second kappa shape index (κ2) is 8.54. The SMILES string of the molecule is CCCCN1CC2CCc3c(C(=O)NCc4ccc(F)c(Cl)c4F)c(=O)c(O)c(n32)C1=O. The number of nitrogens with zero attached hydrogens (tertiary/aromatic N) is 2. The van der Waals surface area contributed by atoms with Crippen LogP contribution in [0.4, 0.5) is 8.78 Å². The van der Waals surface area contributed by atoms with E-state index >= 15 is 0 Å². The largest absolute Gasteiger partial charge is 0.503 e. The van der Waals surface area contributed by atoms with Crippen molar-refractivity contribution in [1.29, 1.82) is 0 Å². The second-order valence-electron chi connectivity index (χ2n) is 8.03. The number of benzene rings is 1. The van der Waals surface area contributed by atoms with Crippen molar-refractivity contribution in [2.75, 3.05) is 13.1 Å². The number of carbonyl (C=O) groups excluding carboxylic acids is 2. The Bertz CT molecular complexity index is 1180. The fraction of sp³-hybridized carbons (Fsp3) is 0.409. The molecule has 0 bridgehead atoms. The van der Waals surface area contributed by atoms with E-state index in [4.69, 9.17) is 11.6 Å². The summed E-state index contributed by atoms with van der Waals surface area (Å²) in [4.78, 5) is 40.3. The van der Waals surface area contributed by atoms with Gasteiger partial charge < -0.3 is 19.9 Å². The lowest BCUT2D eigenvalue weighted by Gasteiger charge is -2.34. The summed E-state index contributed by atoms with van der Waals surface area (Å²) >= 11 is 5.57. The molecule has 2 aromatic rings. The summed E-state index contributed by atoms with van der Waals surface area (Å²) in [5, 5.41) is 12.3. The monoisotopic (exact) mass is 465 g/mol. The molecule has 2 aliphatic rings. The molecule has 1 aromatic heterocycles. The zero-order chi connectivity index (χ0) is 23.2. The van der Waals surface area contributed by atoms with E-state index in [-0.39, 0.29) is 29.4 Å². The third-order valence-electron chi connectivity index (χ3n) is 6.05. The quantitative estimate of drug-likeness (QED) is 0.641. The second-order valence-corrected chi connectivity index (χ2v) is 8.41. The molecule has 0 radical (unpaired) electrons. The van der Waals surface area contributed by atoms with E-state index in [1.54, 1.807) is 9.47 Å². The molecule has 1 aromatic carbocycles. The third-order valence-corrected chi connectivity index (χ3v) is 6.40. The number of pyridine rings is 1. The molecule has 10 heteroatoms. The maximum atomic E-state index is 14.1.